The van der Waals surface area contributed by atoms with Crippen molar-refractivity contribution in [3.05, 3.63) is 0 Å². The Kier molecular flexibility index (Phi) is 10.4. The van der Waals surface area contributed by atoms with Gasteiger partial charge in [-0.15, -0.1) is 0 Å². The molecule has 0 saturated heterocycles. The average molecular weight is 379 g/mol. The van der Waals surface area contributed by atoms with E-state index in [-0.39, 0.29) is 33.3 Å². The molecule has 6 heteroatoms. The Hall–Kier alpha value is -0.360. The molecule has 4 nitrogen and oxygen atoms in total. The average Bonchev–Trinajstić information content (AvgIpc) is 2.45. The molecule has 0 aliphatic carbocycles. The summed E-state index contributed by atoms with van der Waals surface area (Å²) in [6.07, 6.45) is 1.35. The fourth-order valence-corrected chi connectivity index (χ4v) is 4.37. The zero-order valence-electron chi connectivity index (χ0n) is 16.4. The van der Waals surface area contributed by atoms with E-state index in [4.69, 9.17) is 9.47 Å². The van der Waals surface area contributed by atoms with Gasteiger partial charge in [-0.3, -0.25) is 9.59 Å². The molecule has 0 rings (SSSR count). The van der Waals surface area contributed by atoms with Crippen molar-refractivity contribution in [1.29, 1.82) is 0 Å². The molecule has 24 heavy (non-hydrogen) atoms. The first-order valence-corrected chi connectivity index (χ1v) is 10.8. The summed E-state index contributed by atoms with van der Waals surface area (Å²) >= 11 is 0. The maximum Gasteiger partial charge on any atom is 0.319 e. The number of carbonyl (C=O) groups excluding carboxylic acids is 2. The predicted octanol–water partition coefficient (Wildman–Crippen LogP) is 5.10. The van der Waals surface area contributed by atoms with Crippen molar-refractivity contribution < 1.29 is 19.1 Å². The van der Waals surface area contributed by atoms with Crippen LogP contribution in [0.15, 0.2) is 0 Å². The summed E-state index contributed by atoms with van der Waals surface area (Å²) in [7, 11) is 2.83. The number of ether oxygens (including phenoxy) is 2. The fraction of sp³-hybridized carbons (Fsp3) is 0.889. The lowest BCUT2D eigenvalue weighted by Gasteiger charge is -2.22. The van der Waals surface area contributed by atoms with Crippen LogP contribution in [0, 0.1) is 10.8 Å². The highest BCUT2D eigenvalue weighted by Gasteiger charge is 2.27. The highest BCUT2D eigenvalue weighted by atomic mass is 33.1. The summed E-state index contributed by atoms with van der Waals surface area (Å²) in [6, 6.07) is 0. The van der Waals surface area contributed by atoms with Gasteiger partial charge in [0.2, 0.25) is 0 Å². The van der Waals surface area contributed by atoms with Crippen LogP contribution in [0.25, 0.3) is 0 Å². The first kappa shape index (κ1) is 23.6. The Labute approximate surface area is 155 Å². The Morgan fingerprint density at radius 1 is 0.750 bits per heavy atom. The van der Waals surface area contributed by atoms with Crippen molar-refractivity contribution in [3.63, 3.8) is 0 Å². The van der Waals surface area contributed by atoms with E-state index in [2.05, 4.69) is 0 Å². The molecule has 0 aliphatic heterocycles. The molecule has 0 aromatic rings. The third-order valence-electron chi connectivity index (χ3n) is 2.85. The Bertz CT molecular complexity index is 359. The maximum absolute atomic E-state index is 12.2. The summed E-state index contributed by atoms with van der Waals surface area (Å²) in [4.78, 5) is 24.4. The standard InChI is InChI=1S/C18H34O4S2/c1-9-13(15(19)21-11-17(3,4)5)23-24-14(10-2)16(20)22-12-18(6,7)8/h13-14H,9-12H2,1-8H3. The molecule has 2 atom stereocenters. The second-order valence-corrected chi connectivity index (χ2v) is 11.0. The van der Waals surface area contributed by atoms with E-state index in [9.17, 15) is 9.59 Å². The van der Waals surface area contributed by atoms with E-state index in [1.54, 1.807) is 0 Å². The van der Waals surface area contributed by atoms with E-state index < -0.39 is 0 Å². The summed E-state index contributed by atoms with van der Waals surface area (Å²) in [5.74, 6) is -0.411. The van der Waals surface area contributed by atoms with Gasteiger partial charge in [0.15, 0.2) is 0 Å². The number of carbonyl (C=O) groups is 2. The van der Waals surface area contributed by atoms with E-state index in [0.29, 0.717) is 26.1 Å². The van der Waals surface area contributed by atoms with E-state index in [1.807, 2.05) is 55.4 Å². The number of hydrogen-bond donors (Lipinski definition) is 0. The Morgan fingerprint density at radius 3 is 1.25 bits per heavy atom. The molecule has 142 valence electrons. The molecule has 0 saturated carbocycles. The number of rotatable bonds is 9. The van der Waals surface area contributed by atoms with Crippen LogP contribution in [0.4, 0.5) is 0 Å². The SMILES string of the molecule is CCC(SSC(CC)C(=O)OCC(C)(C)C)C(=O)OCC(C)(C)C. The van der Waals surface area contributed by atoms with Gasteiger partial charge in [0.1, 0.15) is 10.5 Å². The van der Waals surface area contributed by atoms with Gasteiger partial charge >= 0.3 is 11.9 Å². The minimum atomic E-state index is -0.262. The fourth-order valence-electron chi connectivity index (χ4n) is 1.44. The second kappa shape index (κ2) is 10.6. The smallest absolute Gasteiger partial charge is 0.319 e. The zero-order valence-corrected chi connectivity index (χ0v) is 18.1. The second-order valence-electron chi connectivity index (χ2n) is 8.32. The van der Waals surface area contributed by atoms with Crippen molar-refractivity contribution in [2.24, 2.45) is 10.8 Å². The minimum Gasteiger partial charge on any atom is -0.464 e. The molecule has 0 aromatic heterocycles. The molecular weight excluding hydrogens is 344 g/mol. The van der Waals surface area contributed by atoms with Crippen LogP contribution in [0.3, 0.4) is 0 Å². The first-order valence-electron chi connectivity index (χ1n) is 8.55. The normalized spacial score (nSPS) is 14.8. The van der Waals surface area contributed by atoms with Gasteiger partial charge in [-0.1, -0.05) is 77.0 Å². The largest absolute Gasteiger partial charge is 0.464 e. The Morgan fingerprint density at radius 2 is 1.04 bits per heavy atom. The molecule has 0 bridgehead atoms. The van der Waals surface area contributed by atoms with Crippen LogP contribution >= 0.6 is 21.6 Å². The Balaban J connectivity index is 4.46. The number of esters is 2. The lowest BCUT2D eigenvalue weighted by molar-refractivity contribution is -0.146. The first-order chi connectivity index (χ1) is 10.9. The van der Waals surface area contributed by atoms with Gasteiger partial charge in [-0.05, 0) is 23.7 Å². The minimum absolute atomic E-state index is 0.0471. The molecule has 0 radical (unpaired) electrons. The summed E-state index contributed by atoms with van der Waals surface area (Å²) in [6.45, 7) is 16.9. The van der Waals surface area contributed by atoms with E-state index in [1.165, 1.54) is 21.6 Å². The summed E-state index contributed by atoms with van der Waals surface area (Å²) in [5, 5.41) is -0.524. The molecule has 0 N–H and O–H groups in total. The maximum atomic E-state index is 12.2. The molecular formula is C18H34O4S2. The van der Waals surface area contributed by atoms with Crippen molar-refractivity contribution >= 4 is 33.5 Å². The van der Waals surface area contributed by atoms with Crippen LogP contribution in [0.2, 0.25) is 0 Å². The van der Waals surface area contributed by atoms with Gasteiger partial charge < -0.3 is 9.47 Å². The van der Waals surface area contributed by atoms with Crippen LogP contribution in [-0.2, 0) is 19.1 Å². The van der Waals surface area contributed by atoms with Gasteiger partial charge in [0, 0.05) is 0 Å². The van der Waals surface area contributed by atoms with Gasteiger partial charge in [0.25, 0.3) is 0 Å². The molecule has 0 fully saturated rings. The van der Waals surface area contributed by atoms with Crippen LogP contribution in [0.5, 0.6) is 0 Å². The molecule has 2 unspecified atom stereocenters. The van der Waals surface area contributed by atoms with Gasteiger partial charge in [0.05, 0.1) is 13.2 Å². The number of hydrogen-bond acceptors (Lipinski definition) is 6. The van der Waals surface area contributed by atoms with E-state index >= 15 is 0 Å². The third-order valence-corrected chi connectivity index (χ3v) is 6.20. The molecule has 0 amide bonds. The zero-order chi connectivity index (χ0) is 19.0. The predicted molar refractivity (Wildman–Crippen MR) is 104 cm³/mol. The van der Waals surface area contributed by atoms with E-state index in [0.717, 1.165) is 0 Å². The van der Waals surface area contributed by atoms with Crippen LogP contribution in [-0.4, -0.2) is 35.7 Å². The van der Waals surface area contributed by atoms with Crippen LogP contribution < -0.4 is 0 Å². The lowest BCUT2D eigenvalue weighted by Crippen LogP contribution is -2.26. The topological polar surface area (TPSA) is 52.6 Å². The van der Waals surface area contributed by atoms with Crippen LogP contribution in [0.1, 0.15) is 68.2 Å². The third kappa shape index (κ3) is 11.2. The molecule has 0 aromatic carbocycles. The van der Waals surface area contributed by atoms with Gasteiger partial charge in [-0.2, -0.15) is 0 Å². The highest BCUT2D eigenvalue weighted by molar-refractivity contribution is 8.77. The van der Waals surface area contributed by atoms with Crippen molar-refractivity contribution in [2.75, 3.05) is 13.2 Å². The van der Waals surface area contributed by atoms with Crippen molar-refractivity contribution in [3.8, 4) is 0 Å². The summed E-state index contributed by atoms with van der Waals surface area (Å²) < 4.78 is 10.8. The molecule has 0 spiro atoms. The highest BCUT2D eigenvalue weighted by Crippen LogP contribution is 2.35. The van der Waals surface area contributed by atoms with Crippen molar-refractivity contribution in [2.45, 2.75) is 78.7 Å². The lowest BCUT2D eigenvalue weighted by atomic mass is 9.99. The van der Waals surface area contributed by atoms with Crippen molar-refractivity contribution in [1.82, 2.24) is 0 Å². The monoisotopic (exact) mass is 378 g/mol. The summed E-state index contributed by atoms with van der Waals surface area (Å²) in [5.41, 5.74) is -0.0943. The molecule has 0 aliphatic rings. The van der Waals surface area contributed by atoms with Gasteiger partial charge in [-0.25, -0.2) is 0 Å². The molecule has 0 heterocycles. The quantitative estimate of drug-likeness (QED) is 0.411.